The van der Waals surface area contributed by atoms with Crippen LogP contribution in [0.1, 0.15) is 39.5 Å². The molecule has 0 radical (unpaired) electrons. The summed E-state index contributed by atoms with van der Waals surface area (Å²) in [6.45, 7) is 14.9. The van der Waals surface area contributed by atoms with Gasteiger partial charge in [0.1, 0.15) is 0 Å². The van der Waals surface area contributed by atoms with E-state index in [-0.39, 0.29) is 29.5 Å². The second-order valence-corrected chi connectivity index (χ2v) is 9.73. The van der Waals surface area contributed by atoms with Crippen LogP contribution < -0.4 is 10.6 Å². The van der Waals surface area contributed by atoms with Crippen LogP contribution in [-0.2, 0) is 4.74 Å². The van der Waals surface area contributed by atoms with Crippen LogP contribution in [0.2, 0.25) is 0 Å². The van der Waals surface area contributed by atoms with Crippen molar-refractivity contribution >= 4 is 41.7 Å². The number of nitrogens with one attached hydrogen (secondary N) is 2. The number of hydrogen-bond acceptors (Lipinski definition) is 5. The highest BCUT2D eigenvalue weighted by Gasteiger charge is 2.40. The highest BCUT2D eigenvalue weighted by Crippen LogP contribution is 2.34. The van der Waals surface area contributed by atoms with E-state index < -0.39 is 0 Å². The number of thioether (sulfide) groups is 1. The minimum atomic E-state index is 0. The number of piperidine rings is 1. The molecule has 1 unspecified atom stereocenters. The maximum Gasteiger partial charge on any atom is 0.191 e. The maximum atomic E-state index is 5.58. The van der Waals surface area contributed by atoms with Crippen molar-refractivity contribution in [2.24, 2.45) is 10.9 Å². The molecule has 0 bridgehead atoms. The van der Waals surface area contributed by atoms with Gasteiger partial charge in [0.15, 0.2) is 5.96 Å². The van der Waals surface area contributed by atoms with Gasteiger partial charge in [-0.2, -0.15) is 11.8 Å². The number of rotatable bonds is 8. The lowest BCUT2D eigenvalue weighted by Gasteiger charge is -2.42. The minimum absolute atomic E-state index is 0. The lowest BCUT2D eigenvalue weighted by atomic mass is 9.96. The molecule has 6 nitrogen and oxygen atoms in total. The van der Waals surface area contributed by atoms with Crippen molar-refractivity contribution in [2.75, 3.05) is 77.1 Å². The van der Waals surface area contributed by atoms with E-state index in [0.29, 0.717) is 0 Å². The molecule has 2 N–H and O–H groups in total. The van der Waals surface area contributed by atoms with Gasteiger partial charge in [-0.1, -0.05) is 6.92 Å². The Morgan fingerprint density at radius 3 is 2.59 bits per heavy atom. The highest BCUT2D eigenvalue weighted by atomic mass is 127. The molecule has 3 rings (SSSR count). The Morgan fingerprint density at radius 1 is 1.17 bits per heavy atom. The van der Waals surface area contributed by atoms with Gasteiger partial charge in [0, 0.05) is 31.9 Å². The first kappa shape index (κ1) is 25.5. The monoisotopic (exact) mass is 539 g/mol. The summed E-state index contributed by atoms with van der Waals surface area (Å²) in [6.07, 6.45) is 5.15. The number of guanidine groups is 1. The molecule has 3 heterocycles. The molecule has 3 aliphatic heterocycles. The number of nitrogens with zero attached hydrogens (tertiary/aromatic N) is 3. The third-order valence-corrected chi connectivity index (χ3v) is 7.69. The minimum Gasteiger partial charge on any atom is -0.379 e. The molecule has 3 saturated heterocycles. The Balaban J connectivity index is 0.00000300. The van der Waals surface area contributed by atoms with Crippen molar-refractivity contribution in [3.63, 3.8) is 0 Å². The van der Waals surface area contributed by atoms with Crippen molar-refractivity contribution in [3.8, 4) is 0 Å². The molecule has 170 valence electrons. The van der Waals surface area contributed by atoms with E-state index in [1.54, 1.807) is 0 Å². The van der Waals surface area contributed by atoms with Gasteiger partial charge in [-0.15, -0.1) is 24.0 Å². The number of hydrogen-bond donors (Lipinski definition) is 2. The van der Waals surface area contributed by atoms with Crippen molar-refractivity contribution < 1.29 is 4.74 Å². The Hall–Kier alpha value is 0.230. The zero-order valence-electron chi connectivity index (χ0n) is 18.5. The molecule has 8 heteroatoms. The van der Waals surface area contributed by atoms with Crippen LogP contribution in [0.25, 0.3) is 0 Å². The highest BCUT2D eigenvalue weighted by molar-refractivity contribution is 14.0. The van der Waals surface area contributed by atoms with Gasteiger partial charge in [-0.3, -0.25) is 9.89 Å². The normalized spacial score (nSPS) is 27.6. The molecule has 0 spiro atoms. The molecule has 3 aliphatic rings. The summed E-state index contributed by atoms with van der Waals surface area (Å²) in [5.41, 5.74) is 0.224. The Labute approximate surface area is 199 Å². The van der Waals surface area contributed by atoms with Gasteiger partial charge in [0.25, 0.3) is 0 Å². The largest absolute Gasteiger partial charge is 0.379 e. The third kappa shape index (κ3) is 8.01. The van der Waals surface area contributed by atoms with Gasteiger partial charge in [0.2, 0.25) is 0 Å². The van der Waals surface area contributed by atoms with E-state index in [4.69, 9.17) is 9.73 Å². The molecule has 1 atom stereocenters. The SMILES string of the molecule is CCNC(=NCC1(N2CCOCC2)CCSC1)NCCCN1CCC(C)CC1.I. The zero-order chi connectivity index (χ0) is 19.7. The van der Waals surface area contributed by atoms with Crippen LogP contribution in [0.15, 0.2) is 4.99 Å². The van der Waals surface area contributed by atoms with E-state index in [0.717, 1.165) is 57.8 Å². The van der Waals surface area contributed by atoms with Crippen LogP contribution >= 0.6 is 35.7 Å². The van der Waals surface area contributed by atoms with E-state index in [9.17, 15) is 0 Å². The van der Waals surface area contributed by atoms with E-state index in [2.05, 4.69) is 46.0 Å². The second-order valence-electron chi connectivity index (χ2n) is 8.63. The Morgan fingerprint density at radius 2 is 1.93 bits per heavy atom. The van der Waals surface area contributed by atoms with E-state index >= 15 is 0 Å². The average molecular weight is 540 g/mol. The number of morpholine rings is 1. The molecular weight excluding hydrogens is 497 g/mol. The summed E-state index contributed by atoms with van der Waals surface area (Å²) < 4.78 is 5.58. The molecule has 29 heavy (non-hydrogen) atoms. The van der Waals surface area contributed by atoms with E-state index in [1.807, 2.05) is 0 Å². The van der Waals surface area contributed by atoms with E-state index in [1.165, 1.54) is 56.8 Å². The van der Waals surface area contributed by atoms with Crippen molar-refractivity contribution in [1.82, 2.24) is 20.4 Å². The molecule has 0 aromatic carbocycles. The quantitative estimate of drug-likeness (QED) is 0.214. The van der Waals surface area contributed by atoms with Gasteiger partial charge >= 0.3 is 0 Å². The zero-order valence-corrected chi connectivity index (χ0v) is 21.6. The van der Waals surface area contributed by atoms with Gasteiger partial charge in [-0.05, 0) is 63.9 Å². The topological polar surface area (TPSA) is 52.1 Å². The molecule has 0 saturated carbocycles. The van der Waals surface area contributed by atoms with Gasteiger partial charge in [0.05, 0.1) is 25.3 Å². The standard InChI is InChI=1S/C21H41N5OS.HI/c1-3-22-20(23-8-4-9-25-10-5-19(2)6-11-25)24-17-21(7-16-28-18-21)26-12-14-27-15-13-26;/h19H,3-18H2,1-2H3,(H2,22,23,24);1H. The summed E-state index contributed by atoms with van der Waals surface area (Å²) in [6, 6.07) is 0. The molecule has 0 amide bonds. The molecule has 0 aromatic rings. The van der Waals surface area contributed by atoms with Crippen molar-refractivity contribution in [2.45, 2.75) is 45.1 Å². The fourth-order valence-electron chi connectivity index (χ4n) is 4.47. The molecule has 3 fully saturated rings. The van der Waals surface area contributed by atoms with Crippen LogP contribution in [0.5, 0.6) is 0 Å². The van der Waals surface area contributed by atoms with Crippen LogP contribution in [0.3, 0.4) is 0 Å². The summed E-state index contributed by atoms with van der Waals surface area (Å²) in [5, 5.41) is 7.02. The Kier molecular flexibility index (Phi) is 12.0. The first-order valence-electron chi connectivity index (χ1n) is 11.4. The number of likely N-dealkylation sites (tertiary alicyclic amines) is 1. The first-order valence-corrected chi connectivity index (χ1v) is 12.5. The second kappa shape index (κ2) is 13.6. The van der Waals surface area contributed by atoms with Crippen LogP contribution in [-0.4, -0.2) is 98.4 Å². The average Bonchev–Trinajstić information content (AvgIpc) is 3.21. The predicted molar refractivity (Wildman–Crippen MR) is 136 cm³/mol. The molecular formula is C21H42IN5OS. The van der Waals surface area contributed by atoms with Crippen molar-refractivity contribution in [3.05, 3.63) is 0 Å². The van der Waals surface area contributed by atoms with Gasteiger partial charge < -0.3 is 20.3 Å². The number of halogens is 1. The summed E-state index contributed by atoms with van der Waals surface area (Å²) >= 11 is 2.08. The Bertz CT molecular complexity index is 476. The lowest BCUT2D eigenvalue weighted by Crippen LogP contribution is -2.56. The molecule has 0 aromatic heterocycles. The van der Waals surface area contributed by atoms with Gasteiger partial charge in [-0.25, -0.2) is 0 Å². The summed E-state index contributed by atoms with van der Waals surface area (Å²) in [5.74, 6) is 4.35. The first-order chi connectivity index (χ1) is 13.7. The number of aliphatic imine (C=N–C) groups is 1. The lowest BCUT2D eigenvalue weighted by molar-refractivity contribution is -0.0104. The third-order valence-electron chi connectivity index (χ3n) is 6.46. The fraction of sp³-hybridized carbons (Fsp3) is 0.952. The summed E-state index contributed by atoms with van der Waals surface area (Å²) in [4.78, 5) is 10.3. The predicted octanol–water partition coefficient (Wildman–Crippen LogP) is 2.49. The number of ether oxygens (including phenoxy) is 1. The van der Waals surface area contributed by atoms with Crippen LogP contribution in [0, 0.1) is 5.92 Å². The smallest absolute Gasteiger partial charge is 0.191 e. The fourth-order valence-corrected chi connectivity index (χ4v) is 5.94. The molecule has 0 aliphatic carbocycles. The van der Waals surface area contributed by atoms with Crippen LogP contribution in [0.4, 0.5) is 0 Å². The summed E-state index contributed by atoms with van der Waals surface area (Å²) in [7, 11) is 0. The maximum absolute atomic E-state index is 5.58. The van der Waals surface area contributed by atoms with Crippen molar-refractivity contribution in [1.29, 1.82) is 0 Å².